The van der Waals surface area contributed by atoms with Crippen molar-refractivity contribution in [1.82, 2.24) is 14.5 Å². The number of hydrogen-bond donors (Lipinski definition) is 2. The fraction of sp³-hybridized carbons (Fsp3) is 0.333. The van der Waals surface area contributed by atoms with Crippen LogP contribution in [0, 0.1) is 17.8 Å². The van der Waals surface area contributed by atoms with Crippen LogP contribution in [0.4, 0.5) is 0 Å². The van der Waals surface area contributed by atoms with Gasteiger partial charge in [-0.15, -0.1) is 0 Å². The van der Waals surface area contributed by atoms with E-state index in [2.05, 4.69) is 45.0 Å². The maximum atomic E-state index is 12.2. The number of aromatic amines is 1. The van der Waals surface area contributed by atoms with Crippen molar-refractivity contribution in [2.24, 2.45) is 17.8 Å². The predicted octanol–water partition coefficient (Wildman–Crippen LogP) is 5.90. The Morgan fingerprint density at radius 3 is 2.73 bits per heavy atom. The van der Waals surface area contributed by atoms with Crippen LogP contribution >= 0.6 is 11.6 Å². The molecule has 4 aromatic rings. The van der Waals surface area contributed by atoms with E-state index in [-0.39, 0.29) is 12.0 Å². The molecule has 3 aromatic heterocycles. The fourth-order valence-corrected chi connectivity index (χ4v) is 6.12. The Balaban J connectivity index is 1.50. The molecule has 0 saturated heterocycles. The van der Waals surface area contributed by atoms with Gasteiger partial charge < -0.3 is 14.7 Å². The van der Waals surface area contributed by atoms with E-state index in [0.717, 1.165) is 58.7 Å². The van der Waals surface area contributed by atoms with Crippen molar-refractivity contribution >= 4 is 39.5 Å². The minimum atomic E-state index is -0.648. The lowest BCUT2D eigenvalue weighted by Crippen LogP contribution is -2.44. The Bertz CT molecular complexity index is 1280. The van der Waals surface area contributed by atoms with Crippen molar-refractivity contribution in [3.8, 4) is 11.1 Å². The van der Waals surface area contributed by atoms with Gasteiger partial charge in [-0.1, -0.05) is 23.7 Å². The highest BCUT2D eigenvalue weighted by atomic mass is 35.5. The van der Waals surface area contributed by atoms with Crippen LogP contribution in [0.1, 0.15) is 31.7 Å². The fourth-order valence-electron chi connectivity index (χ4n) is 5.96. The molecule has 3 heterocycles. The summed E-state index contributed by atoms with van der Waals surface area (Å²) in [6, 6.07) is 10.5. The predicted molar refractivity (Wildman–Crippen MR) is 118 cm³/mol. The third-order valence-electron chi connectivity index (χ3n) is 7.31. The minimum Gasteiger partial charge on any atom is -0.481 e. The maximum absolute atomic E-state index is 12.2. The van der Waals surface area contributed by atoms with E-state index in [9.17, 15) is 9.90 Å². The molecule has 30 heavy (non-hydrogen) atoms. The third kappa shape index (κ3) is 2.61. The number of pyridine rings is 1. The molecule has 2 atom stereocenters. The molecule has 7 rings (SSSR count). The van der Waals surface area contributed by atoms with E-state index in [1.54, 1.807) is 6.20 Å². The summed E-state index contributed by atoms with van der Waals surface area (Å²) in [5.41, 5.74) is 4.03. The molecule has 152 valence electrons. The number of aromatic nitrogens is 3. The summed E-state index contributed by atoms with van der Waals surface area (Å²) in [6.07, 6.45) is 10.0. The van der Waals surface area contributed by atoms with E-state index in [1.165, 1.54) is 0 Å². The van der Waals surface area contributed by atoms with E-state index in [0.29, 0.717) is 16.9 Å². The van der Waals surface area contributed by atoms with E-state index in [1.807, 2.05) is 12.3 Å². The van der Waals surface area contributed by atoms with Gasteiger partial charge in [0.25, 0.3) is 0 Å². The first-order valence-corrected chi connectivity index (χ1v) is 10.9. The summed E-state index contributed by atoms with van der Waals surface area (Å²) >= 11 is 6.19. The number of aliphatic carboxylic acids is 1. The van der Waals surface area contributed by atoms with Gasteiger partial charge in [-0.3, -0.25) is 4.79 Å². The number of carbonyl (C=O) groups is 1. The molecule has 3 aliphatic carbocycles. The normalized spacial score (nSPS) is 25.9. The van der Waals surface area contributed by atoms with Crippen LogP contribution in [-0.4, -0.2) is 25.6 Å². The average molecular weight is 420 g/mol. The van der Waals surface area contributed by atoms with Crippen molar-refractivity contribution in [3.05, 3.63) is 53.9 Å². The zero-order chi connectivity index (χ0) is 20.4. The van der Waals surface area contributed by atoms with Crippen LogP contribution in [0.5, 0.6) is 0 Å². The number of rotatable bonds is 3. The zero-order valence-electron chi connectivity index (χ0n) is 16.4. The number of carboxylic acid groups (broad SMARTS) is 1. The van der Waals surface area contributed by atoms with Crippen molar-refractivity contribution in [2.45, 2.75) is 31.7 Å². The molecule has 6 heteroatoms. The first-order valence-electron chi connectivity index (χ1n) is 10.6. The minimum absolute atomic E-state index is 0.0295. The number of halogens is 1. The SMILES string of the molecule is O=C(O)[C@@H]1C2CCC(CC2)[C@H]1n1ccc2ccc(-c3c[nH]c4ncc(Cl)cc34)cc21. The molecule has 3 saturated carbocycles. The molecule has 1 aromatic carbocycles. The lowest BCUT2D eigenvalue weighted by atomic mass is 9.61. The van der Waals surface area contributed by atoms with Gasteiger partial charge in [0, 0.05) is 35.1 Å². The first kappa shape index (κ1) is 18.0. The second kappa shape index (κ2) is 6.61. The molecule has 5 nitrogen and oxygen atoms in total. The van der Waals surface area contributed by atoms with Crippen LogP contribution < -0.4 is 0 Å². The standard InChI is InChI=1S/C24H22ClN3O2/c25-17-10-18-19(12-27-23(18)26-11-17)16-6-1-13-7-8-28(20(13)9-16)22-15-4-2-14(3-5-15)21(22)24(29)30/h1,6-12,14-15,21-22H,2-5H2,(H,26,27)(H,29,30)/t14?,15?,21-,22-/m1/s1. The summed E-state index contributed by atoms with van der Waals surface area (Å²) in [6.45, 7) is 0. The second-order valence-electron chi connectivity index (χ2n) is 8.78. The van der Waals surface area contributed by atoms with Crippen LogP contribution in [0.25, 0.3) is 33.1 Å². The average Bonchev–Trinajstić information content (AvgIpc) is 3.37. The molecule has 0 spiro atoms. The first-order chi connectivity index (χ1) is 14.6. The summed E-state index contributed by atoms with van der Waals surface area (Å²) in [7, 11) is 0. The third-order valence-corrected chi connectivity index (χ3v) is 7.52. The lowest BCUT2D eigenvalue weighted by Gasteiger charge is -2.47. The largest absolute Gasteiger partial charge is 0.481 e. The molecular weight excluding hydrogens is 398 g/mol. The van der Waals surface area contributed by atoms with E-state index >= 15 is 0 Å². The topological polar surface area (TPSA) is 70.9 Å². The van der Waals surface area contributed by atoms with Crippen LogP contribution in [0.2, 0.25) is 5.02 Å². The van der Waals surface area contributed by atoms with Gasteiger partial charge >= 0.3 is 5.97 Å². The molecule has 0 radical (unpaired) electrons. The van der Waals surface area contributed by atoms with Crippen LogP contribution in [-0.2, 0) is 4.79 Å². The smallest absolute Gasteiger partial charge is 0.308 e. The Kier molecular flexibility index (Phi) is 3.97. The van der Waals surface area contributed by atoms with Crippen molar-refractivity contribution < 1.29 is 9.90 Å². The maximum Gasteiger partial charge on any atom is 0.308 e. The number of carboxylic acids is 1. The Labute approximate surface area is 178 Å². The molecule has 0 aliphatic heterocycles. The van der Waals surface area contributed by atoms with Gasteiger partial charge in [0.2, 0.25) is 0 Å². The lowest BCUT2D eigenvalue weighted by molar-refractivity contribution is -0.151. The van der Waals surface area contributed by atoms with E-state index in [4.69, 9.17) is 11.6 Å². The van der Waals surface area contributed by atoms with Gasteiger partial charge in [0.15, 0.2) is 0 Å². The summed E-state index contributed by atoms with van der Waals surface area (Å²) in [5, 5.41) is 12.7. The molecule has 2 bridgehead atoms. The second-order valence-corrected chi connectivity index (χ2v) is 9.21. The molecule has 0 amide bonds. The molecule has 3 fully saturated rings. The van der Waals surface area contributed by atoms with Gasteiger partial charge in [-0.25, -0.2) is 4.98 Å². The van der Waals surface area contributed by atoms with Gasteiger partial charge in [-0.05, 0) is 66.7 Å². The van der Waals surface area contributed by atoms with Crippen molar-refractivity contribution in [2.75, 3.05) is 0 Å². The summed E-state index contributed by atoms with van der Waals surface area (Å²) < 4.78 is 2.24. The molecular formula is C24H22ClN3O2. The van der Waals surface area contributed by atoms with Crippen molar-refractivity contribution in [3.63, 3.8) is 0 Å². The highest BCUT2D eigenvalue weighted by Crippen LogP contribution is 2.52. The molecule has 0 unspecified atom stereocenters. The molecule has 2 N–H and O–H groups in total. The van der Waals surface area contributed by atoms with E-state index < -0.39 is 5.97 Å². The molecule has 3 aliphatic rings. The van der Waals surface area contributed by atoms with Crippen LogP contribution in [0.15, 0.2) is 48.9 Å². The Morgan fingerprint density at radius 2 is 1.93 bits per heavy atom. The summed E-state index contributed by atoms with van der Waals surface area (Å²) in [5.74, 6) is -0.219. The number of H-pyrrole nitrogens is 1. The number of nitrogens with zero attached hydrogens (tertiary/aromatic N) is 2. The monoisotopic (exact) mass is 419 g/mol. The number of nitrogens with one attached hydrogen (secondary N) is 1. The highest BCUT2D eigenvalue weighted by molar-refractivity contribution is 6.31. The quantitative estimate of drug-likeness (QED) is 0.434. The van der Waals surface area contributed by atoms with Gasteiger partial charge in [0.1, 0.15) is 5.65 Å². The summed E-state index contributed by atoms with van der Waals surface area (Å²) in [4.78, 5) is 19.8. The highest BCUT2D eigenvalue weighted by Gasteiger charge is 2.48. The van der Waals surface area contributed by atoms with Crippen LogP contribution in [0.3, 0.4) is 0 Å². The van der Waals surface area contributed by atoms with Crippen molar-refractivity contribution in [1.29, 1.82) is 0 Å². The number of benzene rings is 1. The Morgan fingerprint density at radius 1 is 1.13 bits per heavy atom. The van der Waals surface area contributed by atoms with Gasteiger partial charge in [-0.2, -0.15) is 0 Å². The zero-order valence-corrected chi connectivity index (χ0v) is 17.1. The van der Waals surface area contributed by atoms with Gasteiger partial charge in [0.05, 0.1) is 17.0 Å². The Hall–Kier alpha value is -2.79. The number of hydrogen-bond acceptors (Lipinski definition) is 2. The number of fused-ring (bicyclic) bond motifs is 5.